The largest absolute Gasteiger partial charge is 0.366 e. The first-order valence-corrected chi connectivity index (χ1v) is 7.12. The van der Waals surface area contributed by atoms with E-state index in [0.29, 0.717) is 6.54 Å². The predicted octanol–water partition coefficient (Wildman–Crippen LogP) is 3.18. The lowest BCUT2D eigenvalue weighted by atomic mass is 10.0. The van der Waals surface area contributed by atoms with Gasteiger partial charge in [-0.25, -0.2) is 0 Å². The van der Waals surface area contributed by atoms with Gasteiger partial charge in [0.25, 0.3) is 5.91 Å². The summed E-state index contributed by atoms with van der Waals surface area (Å²) in [6, 6.07) is 20.1. The van der Waals surface area contributed by atoms with Crippen molar-refractivity contribution >= 4 is 5.91 Å². The van der Waals surface area contributed by atoms with Crippen LogP contribution in [-0.4, -0.2) is 23.5 Å². The number of carbonyl (C=O) groups is 1. The van der Waals surface area contributed by atoms with Crippen LogP contribution < -0.4 is 0 Å². The number of ether oxygens (including phenoxy) is 1. The Morgan fingerprint density at radius 1 is 1.05 bits per heavy atom. The summed E-state index contributed by atoms with van der Waals surface area (Å²) >= 11 is 0. The van der Waals surface area contributed by atoms with Gasteiger partial charge in [0.15, 0.2) is 5.60 Å². The van der Waals surface area contributed by atoms with Crippen LogP contribution in [0.25, 0.3) is 0 Å². The van der Waals surface area contributed by atoms with Crippen LogP contribution in [0.1, 0.15) is 24.1 Å². The highest BCUT2D eigenvalue weighted by molar-refractivity contribution is 5.93. The van der Waals surface area contributed by atoms with Gasteiger partial charge in [-0.2, -0.15) is 0 Å². The third-order valence-corrected chi connectivity index (χ3v) is 4.25. The van der Waals surface area contributed by atoms with Crippen LogP contribution in [0.2, 0.25) is 0 Å². The molecule has 0 aromatic heterocycles. The molecule has 2 aromatic carbocycles. The fraction of sp³-hybridized carbons (Fsp3) is 0.278. The van der Waals surface area contributed by atoms with E-state index in [0.717, 1.165) is 11.1 Å². The number of β-lactam (4-membered cyclic amide) rings is 1. The second-order valence-corrected chi connectivity index (χ2v) is 5.54. The highest BCUT2D eigenvalue weighted by atomic mass is 16.6. The van der Waals surface area contributed by atoms with Gasteiger partial charge in [-0.3, -0.25) is 4.79 Å². The van der Waals surface area contributed by atoms with Crippen LogP contribution in [0.15, 0.2) is 60.7 Å². The standard InChI is InChI=1S/C18H19NO2/c1-18(21-2)16(15-11-7-4-8-12-15)19(17(18)20)13-14-9-5-3-6-10-14/h3-12,16H,13H2,1-2H3/t16-,18+/m0/s1/i17+1,18+1. The van der Waals surface area contributed by atoms with E-state index in [9.17, 15) is 4.79 Å². The summed E-state index contributed by atoms with van der Waals surface area (Å²) in [4.78, 5) is 14.4. The van der Waals surface area contributed by atoms with Crippen molar-refractivity contribution in [1.82, 2.24) is 4.90 Å². The van der Waals surface area contributed by atoms with Crippen LogP contribution in [-0.2, 0) is 16.1 Å². The van der Waals surface area contributed by atoms with E-state index in [-0.39, 0.29) is 11.9 Å². The molecule has 2 atom stereocenters. The van der Waals surface area contributed by atoms with Gasteiger partial charge < -0.3 is 9.64 Å². The number of likely N-dealkylation sites (tertiary alicyclic amines) is 1. The monoisotopic (exact) mass is 283 g/mol. The maximum atomic E-state index is 12.5. The zero-order chi connectivity index (χ0) is 14.9. The van der Waals surface area contributed by atoms with Crippen LogP contribution >= 0.6 is 0 Å². The third kappa shape index (κ3) is 2.24. The van der Waals surface area contributed by atoms with Crippen molar-refractivity contribution in [3.8, 4) is 0 Å². The smallest absolute Gasteiger partial charge is 0.257 e. The molecule has 0 spiro atoms. The number of benzene rings is 2. The first-order chi connectivity index (χ1) is 10.2. The molecule has 1 fully saturated rings. The topological polar surface area (TPSA) is 29.5 Å². The molecule has 1 aliphatic rings. The molecule has 0 saturated carbocycles. The van der Waals surface area contributed by atoms with Crippen molar-refractivity contribution < 1.29 is 9.53 Å². The Kier molecular flexibility index (Phi) is 3.52. The number of nitrogens with zero attached hydrogens (tertiary/aromatic N) is 1. The summed E-state index contributed by atoms with van der Waals surface area (Å²) in [5.41, 5.74) is 1.47. The van der Waals surface area contributed by atoms with Gasteiger partial charge in [-0.15, -0.1) is 0 Å². The second kappa shape index (κ2) is 5.34. The molecule has 3 heteroatoms. The second-order valence-electron chi connectivity index (χ2n) is 5.54. The van der Waals surface area contributed by atoms with Crippen molar-refractivity contribution in [1.29, 1.82) is 0 Å². The van der Waals surface area contributed by atoms with Gasteiger partial charge in [0.05, 0.1) is 6.04 Å². The van der Waals surface area contributed by atoms with E-state index in [1.54, 1.807) is 7.11 Å². The molecule has 3 rings (SSSR count). The van der Waals surface area contributed by atoms with E-state index in [4.69, 9.17) is 4.74 Å². The number of amides is 1. The molecule has 0 bridgehead atoms. The molecular weight excluding hydrogens is 264 g/mol. The number of methoxy groups -OCH3 is 1. The normalized spacial score (nSPS) is 24.8. The molecular formula is C18H19NO2. The molecule has 1 amide bonds. The molecule has 1 aliphatic heterocycles. The SMILES string of the molecule is CO[13C@]1(C)[C@H](c2ccccc2)N(Cc2ccccc2)[13C]1=O. The molecule has 0 aliphatic carbocycles. The Morgan fingerprint density at radius 2 is 1.62 bits per heavy atom. The molecule has 0 N–H and O–H groups in total. The van der Waals surface area contributed by atoms with Crippen LogP contribution in [0.3, 0.4) is 0 Å². The lowest BCUT2D eigenvalue weighted by molar-refractivity contribution is -0.197. The van der Waals surface area contributed by atoms with Crippen molar-refractivity contribution in [2.75, 3.05) is 7.11 Å². The Balaban J connectivity index is 1.91. The minimum Gasteiger partial charge on any atom is -0.366 e. The quantitative estimate of drug-likeness (QED) is 0.637. The molecule has 0 radical (unpaired) electrons. The van der Waals surface area contributed by atoms with Crippen LogP contribution in [0, 0.1) is 0 Å². The molecule has 2 aromatic rings. The number of hydrogen-bond donors (Lipinski definition) is 0. The van der Waals surface area contributed by atoms with Crippen molar-refractivity contribution in [2.24, 2.45) is 0 Å². The molecule has 1 saturated heterocycles. The summed E-state index contributed by atoms with van der Waals surface area (Å²) in [6.07, 6.45) is 0. The summed E-state index contributed by atoms with van der Waals surface area (Å²) in [5.74, 6) is 0.0442. The van der Waals surface area contributed by atoms with Gasteiger partial charge >= 0.3 is 0 Å². The number of rotatable bonds is 4. The van der Waals surface area contributed by atoms with Crippen LogP contribution in [0.4, 0.5) is 0 Å². The fourth-order valence-electron chi connectivity index (χ4n) is 3.03. The van der Waals surface area contributed by atoms with E-state index in [2.05, 4.69) is 0 Å². The lowest BCUT2D eigenvalue weighted by Gasteiger charge is -2.53. The number of hydrogen-bond acceptors (Lipinski definition) is 2. The molecule has 21 heavy (non-hydrogen) atoms. The average Bonchev–Trinajstić information content (AvgIpc) is 2.55. The lowest BCUT2D eigenvalue weighted by Crippen LogP contribution is -2.67. The highest BCUT2D eigenvalue weighted by Crippen LogP contribution is 2.46. The van der Waals surface area contributed by atoms with Crippen molar-refractivity contribution in [2.45, 2.75) is 25.1 Å². The summed E-state index contributed by atoms with van der Waals surface area (Å²) < 4.78 is 5.53. The first-order valence-electron chi connectivity index (χ1n) is 7.12. The van der Waals surface area contributed by atoms with Gasteiger partial charge in [0.1, 0.15) is 0 Å². The maximum absolute atomic E-state index is 12.5. The Labute approximate surface area is 125 Å². The van der Waals surface area contributed by atoms with Gasteiger partial charge in [-0.1, -0.05) is 60.7 Å². The zero-order valence-corrected chi connectivity index (χ0v) is 12.3. The van der Waals surface area contributed by atoms with Crippen molar-refractivity contribution in [3.05, 3.63) is 71.8 Å². The average molecular weight is 283 g/mol. The van der Waals surface area contributed by atoms with E-state index < -0.39 is 5.60 Å². The highest BCUT2D eigenvalue weighted by Gasteiger charge is 2.58. The Bertz CT molecular complexity index is 626. The minimum atomic E-state index is -0.768. The Morgan fingerprint density at radius 3 is 2.19 bits per heavy atom. The predicted molar refractivity (Wildman–Crippen MR) is 81.6 cm³/mol. The van der Waals surface area contributed by atoms with E-state index in [1.807, 2.05) is 72.5 Å². The minimum absolute atomic E-state index is 0.0442. The third-order valence-electron chi connectivity index (χ3n) is 4.25. The van der Waals surface area contributed by atoms with Crippen molar-refractivity contribution in [3.63, 3.8) is 0 Å². The molecule has 3 nitrogen and oxygen atoms in total. The number of carbonyl (C=O) groups excluding carboxylic acids is 1. The van der Waals surface area contributed by atoms with E-state index in [1.165, 1.54) is 0 Å². The fourth-order valence-corrected chi connectivity index (χ4v) is 3.03. The molecule has 108 valence electrons. The first kappa shape index (κ1) is 13.8. The maximum Gasteiger partial charge on any atom is 0.257 e. The van der Waals surface area contributed by atoms with Gasteiger partial charge in [-0.05, 0) is 18.1 Å². The van der Waals surface area contributed by atoms with Gasteiger partial charge in [0, 0.05) is 13.7 Å². The summed E-state index contributed by atoms with van der Waals surface area (Å²) in [6.45, 7) is 2.48. The molecule has 1 heterocycles. The zero-order valence-electron chi connectivity index (χ0n) is 12.3. The Hall–Kier alpha value is -2.13. The van der Waals surface area contributed by atoms with Crippen LogP contribution in [0.5, 0.6) is 0 Å². The summed E-state index contributed by atoms with van der Waals surface area (Å²) in [5, 5.41) is 0. The van der Waals surface area contributed by atoms with Gasteiger partial charge in [0.2, 0.25) is 0 Å². The van der Waals surface area contributed by atoms with E-state index >= 15 is 0 Å². The molecule has 0 unspecified atom stereocenters. The summed E-state index contributed by atoms with van der Waals surface area (Å²) in [7, 11) is 1.60.